The van der Waals surface area contributed by atoms with Gasteiger partial charge in [0.05, 0.1) is 0 Å². The van der Waals surface area contributed by atoms with Crippen molar-refractivity contribution in [3.63, 3.8) is 0 Å². The Morgan fingerprint density at radius 1 is 0.185 bits per heavy atom. The van der Waals surface area contributed by atoms with Crippen molar-refractivity contribution in [2.75, 3.05) is 42.3 Å². The Bertz CT molecular complexity index is 3970. The first kappa shape index (κ1) is 123. The fourth-order valence-corrected chi connectivity index (χ4v) is 16.0. The van der Waals surface area contributed by atoms with Gasteiger partial charge in [0.25, 0.3) is 53.2 Å². The van der Waals surface area contributed by atoms with E-state index in [1.165, 1.54) is 71.7 Å². The smallest absolute Gasteiger partial charge is 0.329 e. The molecule has 0 spiro atoms. The number of hydrogen-bond acceptors (Lipinski definition) is 27. The molecule has 9 amide bonds. The standard InChI is InChI=1S/3C33H57N3O9/c1-15-21(12)27-28(37)34-22(16(2)3)31(40)43-25(19(8)9)29(38)35(13)23(17(4)5)32(41)44-26(20(10)11)30(39)36(14)24(18(6)7)33(42)45-27;1-15-21(12)27-30(39)36(14)23(17(4)5)32(41)43-25(19(8)9)28(37)34-22(16(2)3)31(40)44-26(20(10)11)29(38)35(13)24(18(6)7)33(42)45-27;1-15-21(12)27-30(39)36(14)24(18(6)7)33(42)44-26(20(10)11)29(38)35(13)23(17(4)5)32(41)43-25(19(8)9)28(37)34-22(16(2)3)31(40)45-27/h3*16-27H,15H2,1-14H3,(H,34,37)/t3*21-,22-,23-,24-,25+,26+,27+/m000/s1. The van der Waals surface area contributed by atoms with Gasteiger partial charge < -0.3 is 88.0 Å². The van der Waals surface area contributed by atoms with Crippen molar-refractivity contribution < 1.29 is 129 Å². The number of ether oxygens (including phenoxy) is 9. The summed E-state index contributed by atoms with van der Waals surface area (Å²) in [4.78, 5) is 254. The first-order chi connectivity index (χ1) is 62.1. The van der Waals surface area contributed by atoms with Crippen LogP contribution in [-0.2, 0) is 129 Å². The second-order valence-electron chi connectivity index (χ2n) is 41.9. The summed E-state index contributed by atoms with van der Waals surface area (Å²) in [6.45, 7) is 62.3. The van der Waals surface area contributed by atoms with Gasteiger partial charge in [-0.3, -0.25) is 43.2 Å². The number of carbonyl (C=O) groups excluding carboxylic acids is 18. The molecule has 3 heterocycles. The molecule has 3 aliphatic heterocycles. The summed E-state index contributed by atoms with van der Waals surface area (Å²) in [5.41, 5.74) is 0. The molecular weight excluding hydrogens is 1750 g/mol. The first-order valence-electron chi connectivity index (χ1n) is 48.4. The topological polar surface area (TPSA) is 446 Å². The average molecular weight is 1920 g/mol. The Hall–Kier alpha value is -9.54. The summed E-state index contributed by atoms with van der Waals surface area (Å²) in [7, 11) is 8.60. The zero-order valence-corrected chi connectivity index (χ0v) is 89.1. The van der Waals surface area contributed by atoms with Crippen LogP contribution in [0.2, 0.25) is 0 Å². The third-order valence-corrected chi connectivity index (χ3v) is 25.0. The largest absolute Gasteiger partial charge is 0.450 e. The van der Waals surface area contributed by atoms with Crippen molar-refractivity contribution in [3.8, 4) is 0 Å². The number of hydrogen-bond donors (Lipinski definition) is 3. The van der Waals surface area contributed by atoms with E-state index in [0.717, 1.165) is 0 Å². The predicted molar refractivity (Wildman–Crippen MR) is 505 cm³/mol. The molecule has 0 bridgehead atoms. The Kier molecular flexibility index (Phi) is 50.4. The normalized spacial score (nSPS) is 27.9. The maximum atomic E-state index is 14.0. The van der Waals surface area contributed by atoms with Gasteiger partial charge in [-0.1, -0.05) is 249 Å². The van der Waals surface area contributed by atoms with Gasteiger partial charge in [-0.25, -0.2) is 43.2 Å². The van der Waals surface area contributed by atoms with E-state index in [1.807, 2.05) is 20.8 Å². The average Bonchev–Trinajstić information content (AvgIpc) is 0.808. The number of amides is 9. The third-order valence-electron chi connectivity index (χ3n) is 25.0. The molecule has 0 aromatic heterocycles. The molecule has 3 aliphatic rings. The minimum absolute atomic E-state index is 0.431. The van der Waals surface area contributed by atoms with E-state index in [4.69, 9.17) is 42.6 Å². The van der Waals surface area contributed by atoms with E-state index in [-0.39, 0.29) is 0 Å². The fourth-order valence-electron chi connectivity index (χ4n) is 16.0. The van der Waals surface area contributed by atoms with Gasteiger partial charge >= 0.3 is 53.7 Å². The molecule has 774 valence electrons. The summed E-state index contributed by atoms with van der Waals surface area (Å²) in [6, 6.07) is -10.2. The van der Waals surface area contributed by atoms with Gasteiger partial charge in [-0.2, -0.15) is 0 Å². The number of likely N-dealkylation sites (N-methyl/N-ethyl adjacent to an activating group) is 6. The van der Waals surface area contributed by atoms with E-state index < -0.39 is 323 Å². The number of carbonyl (C=O) groups is 18. The molecule has 0 aliphatic carbocycles. The number of rotatable bonds is 21. The molecule has 0 aromatic carbocycles. The summed E-state index contributed by atoms with van der Waals surface area (Å²) >= 11 is 0. The van der Waals surface area contributed by atoms with Crippen molar-refractivity contribution in [2.45, 2.75) is 378 Å². The van der Waals surface area contributed by atoms with E-state index in [2.05, 4.69) is 16.0 Å². The maximum absolute atomic E-state index is 14.0. The van der Waals surface area contributed by atoms with Gasteiger partial charge in [0.15, 0.2) is 54.9 Å². The lowest BCUT2D eigenvalue weighted by Crippen LogP contribution is -2.57. The van der Waals surface area contributed by atoms with Gasteiger partial charge in [-0.05, 0) is 108 Å². The molecule has 3 saturated heterocycles. The summed E-state index contributed by atoms with van der Waals surface area (Å²) in [6.07, 6.45) is -10.1. The van der Waals surface area contributed by atoms with E-state index in [0.29, 0.717) is 19.3 Å². The van der Waals surface area contributed by atoms with Gasteiger partial charge in [0, 0.05) is 60.0 Å². The van der Waals surface area contributed by atoms with Crippen molar-refractivity contribution in [1.29, 1.82) is 0 Å². The molecule has 0 unspecified atom stereocenters. The zero-order valence-electron chi connectivity index (χ0n) is 89.1. The minimum Gasteiger partial charge on any atom is -0.450 e. The molecule has 3 fully saturated rings. The Balaban J connectivity index is 0.00000101. The minimum atomic E-state index is -1.29. The van der Waals surface area contributed by atoms with Crippen molar-refractivity contribution >= 4 is 107 Å². The first-order valence-corrected chi connectivity index (χ1v) is 48.4. The van der Waals surface area contributed by atoms with Crippen LogP contribution in [0.3, 0.4) is 0 Å². The van der Waals surface area contributed by atoms with Crippen LogP contribution in [0, 0.1) is 107 Å². The Morgan fingerprint density at radius 3 is 0.481 bits per heavy atom. The predicted octanol–water partition coefficient (Wildman–Crippen LogP) is 9.60. The van der Waals surface area contributed by atoms with Crippen LogP contribution in [0.5, 0.6) is 0 Å². The van der Waals surface area contributed by atoms with E-state index >= 15 is 0 Å². The van der Waals surface area contributed by atoms with Gasteiger partial charge in [-0.15, -0.1) is 0 Å². The molecule has 36 heteroatoms. The molecular formula is C99H171N9O27. The highest BCUT2D eigenvalue weighted by Crippen LogP contribution is 2.31. The molecule has 135 heavy (non-hydrogen) atoms. The lowest BCUT2D eigenvalue weighted by atomic mass is 9.96. The van der Waals surface area contributed by atoms with E-state index in [9.17, 15) is 86.3 Å². The van der Waals surface area contributed by atoms with Crippen LogP contribution in [0.4, 0.5) is 0 Å². The Morgan fingerprint density at radius 2 is 0.319 bits per heavy atom. The van der Waals surface area contributed by atoms with Crippen LogP contribution in [0.15, 0.2) is 0 Å². The van der Waals surface area contributed by atoms with Gasteiger partial charge in [0.1, 0.15) is 54.4 Å². The molecule has 0 aromatic rings. The molecule has 3 N–H and O–H groups in total. The highest BCUT2D eigenvalue weighted by atomic mass is 16.6. The fraction of sp³-hybridized carbons (Fsp3) is 0.818. The second-order valence-corrected chi connectivity index (χ2v) is 41.9. The number of esters is 9. The Labute approximate surface area is 804 Å². The molecule has 0 radical (unpaired) electrons. The van der Waals surface area contributed by atoms with Crippen molar-refractivity contribution in [1.82, 2.24) is 45.3 Å². The maximum Gasteiger partial charge on any atom is 0.329 e. The van der Waals surface area contributed by atoms with Gasteiger partial charge in [0.2, 0.25) is 0 Å². The summed E-state index contributed by atoms with van der Waals surface area (Å²) < 4.78 is 52.1. The second kappa shape index (κ2) is 55.2. The summed E-state index contributed by atoms with van der Waals surface area (Å²) in [5, 5.41) is 8.03. The van der Waals surface area contributed by atoms with Crippen molar-refractivity contribution in [3.05, 3.63) is 0 Å². The molecule has 21 atom stereocenters. The van der Waals surface area contributed by atoms with Crippen LogP contribution in [0.25, 0.3) is 0 Å². The SMILES string of the molecule is CC[C@H](C)[C@H]1OC(=O)[C@H](C(C)C)N(C)C(=O)[C@@H](C(C)C)OC(=O)[C@H](C(C)C)N(C)C(=O)[C@@H](C(C)C)OC(=O)[C@H](C(C)C)NC1=O.CC[C@H](C)[C@H]1OC(=O)[C@H](C(C)C)N(C)C(=O)[C@@H](C(C)C)OC(=O)[C@H](C(C)C)NC(=O)[C@@H](C(C)C)OC(=O)[C@H](C(C)C)N(C)C1=O.CC[C@H](C)[C@H]1OC(=O)[C@H](C(C)C)NC(=O)[C@@H](C(C)C)OC(=O)[C@H](C(C)C)N(C)C(=O)[C@@H](C(C)C)OC(=O)[C@H](C(C)C)N(C)C1=O. The van der Waals surface area contributed by atoms with Crippen LogP contribution < -0.4 is 16.0 Å². The monoisotopic (exact) mass is 1920 g/mol. The number of nitrogens with one attached hydrogen (secondary N) is 3. The van der Waals surface area contributed by atoms with Crippen LogP contribution in [-0.4, -0.2) is 288 Å². The van der Waals surface area contributed by atoms with Crippen LogP contribution in [0.1, 0.15) is 269 Å². The number of cyclic esters (lactones) is 9. The molecule has 0 saturated carbocycles. The van der Waals surface area contributed by atoms with Crippen molar-refractivity contribution in [2.24, 2.45) is 107 Å². The molecule has 3 rings (SSSR count). The quantitative estimate of drug-likeness (QED) is 0.0710. The van der Waals surface area contributed by atoms with E-state index in [1.54, 1.807) is 228 Å². The lowest BCUT2D eigenvalue weighted by Gasteiger charge is -2.37. The highest BCUT2D eigenvalue weighted by molar-refractivity contribution is 5.98. The molecule has 36 nitrogen and oxygen atoms in total. The lowest BCUT2D eigenvalue weighted by molar-refractivity contribution is -0.179. The highest BCUT2D eigenvalue weighted by Gasteiger charge is 2.51. The zero-order chi connectivity index (χ0) is 105. The number of nitrogens with zero attached hydrogens (tertiary/aromatic N) is 6. The summed E-state index contributed by atoms with van der Waals surface area (Å²) in [5.74, 6) is -21.2. The van der Waals surface area contributed by atoms with Crippen LogP contribution >= 0.6 is 0 Å². The third kappa shape index (κ3) is 33.4.